The number of ether oxygens (including phenoxy) is 1. The van der Waals surface area contributed by atoms with E-state index >= 15 is 0 Å². The predicted molar refractivity (Wildman–Crippen MR) is 103 cm³/mol. The molecule has 7 heteroatoms. The van der Waals surface area contributed by atoms with E-state index < -0.39 is 0 Å². The molecule has 1 unspecified atom stereocenters. The normalized spacial score (nSPS) is 16.6. The molecule has 3 rings (SSSR count). The summed E-state index contributed by atoms with van der Waals surface area (Å²) in [5.41, 5.74) is 8.68. The maximum absolute atomic E-state index is 6.35. The van der Waals surface area contributed by atoms with Gasteiger partial charge in [-0.05, 0) is 35.9 Å². The zero-order valence-electron chi connectivity index (χ0n) is 13.1. The van der Waals surface area contributed by atoms with Gasteiger partial charge in [0.2, 0.25) is 0 Å². The lowest BCUT2D eigenvalue weighted by molar-refractivity contribution is 0.414. The first-order valence-corrected chi connectivity index (χ1v) is 8.02. The molecule has 4 nitrogen and oxygen atoms in total. The first kappa shape index (κ1) is 18.9. The minimum absolute atomic E-state index is 0. The Morgan fingerprint density at radius 1 is 1.21 bits per heavy atom. The summed E-state index contributed by atoms with van der Waals surface area (Å²) in [4.78, 5) is 0. The van der Waals surface area contributed by atoms with E-state index in [-0.39, 0.29) is 18.4 Å². The van der Waals surface area contributed by atoms with Gasteiger partial charge < -0.3 is 10.5 Å². The van der Waals surface area contributed by atoms with Crippen molar-refractivity contribution < 1.29 is 4.74 Å². The highest BCUT2D eigenvalue weighted by Crippen LogP contribution is 2.39. The number of benzene rings is 2. The molecule has 128 valence electrons. The number of anilines is 1. The highest BCUT2D eigenvalue weighted by Gasteiger charge is 2.29. The number of nitrogens with zero attached hydrogens (tertiary/aromatic N) is 2. The van der Waals surface area contributed by atoms with Crippen molar-refractivity contribution in [3.63, 3.8) is 0 Å². The lowest BCUT2D eigenvalue weighted by Gasteiger charge is -2.25. The Labute approximate surface area is 157 Å². The van der Waals surface area contributed by atoms with Crippen LogP contribution in [0.4, 0.5) is 5.69 Å². The zero-order valence-corrected chi connectivity index (χ0v) is 15.4. The summed E-state index contributed by atoms with van der Waals surface area (Å²) in [7, 11) is 1.65. The second kappa shape index (κ2) is 8.08. The molecule has 0 amide bonds. The number of halogens is 3. The van der Waals surface area contributed by atoms with Crippen LogP contribution < -0.4 is 15.5 Å². The Morgan fingerprint density at radius 3 is 2.50 bits per heavy atom. The van der Waals surface area contributed by atoms with Gasteiger partial charge in [-0.2, -0.15) is 5.10 Å². The van der Waals surface area contributed by atoms with E-state index in [0.717, 1.165) is 29.1 Å². The number of nitrogens with two attached hydrogens (primary N) is 1. The Bertz CT molecular complexity index is 734. The summed E-state index contributed by atoms with van der Waals surface area (Å²) in [6.45, 7) is 0.425. The van der Waals surface area contributed by atoms with Gasteiger partial charge in [0, 0.05) is 18.0 Å². The number of methoxy groups -OCH3 is 1. The SMILES string of the molecule is COc1ccc(C2CC(CN)=NN2c2ccc(Cl)cc2Cl)cc1.Cl. The van der Waals surface area contributed by atoms with Crippen molar-refractivity contribution in [2.45, 2.75) is 12.5 Å². The van der Waals surface area contributed by atoms with Gasteiger partial charge in [0.1, 0.15) is 5.75 Å². The summed E-state index contributed by atoms with van der Waals surface area (Å²) in [6.07, 6.45) is 0.766. The minimum atomic E-state index is 0. The second-order valence-electron chi connectivity index (χ2n) is 5.30. The Hall–Kier alpha value is -1.46. The van der Waals surface area contributed by atoms with E-state index in [1.54, 1.807) is 13.2 Å². The predicted octanol–water partition coefficient (Wildman–Crippen LogP) is 4.69. The van der Waals surface area contributed by atoms with Crippen LogP contribution in [0.25, 0.3) is 0 Å². The molecule has 0 fully saturated rings. The summed E-state index contributed by atoms with van der Waals surface area (Å²) in [5.74, 6) is 0.822. The first-order valence-electron chi connectivity index (χ1n) is 7.27. The van der Waals surface area contributed by atoms with Crippen LogP contribution >= 0.6 is 35.6 Å². The molecular weight excluding hydrogens is 369 g/mol. The molecule has 1 atom stereocenters. The Balaban J connectivity index is 0.00000208. The number of hydrogen-bond donors (Lipinski definition) is 1. The molecule has 0 aliphatic carbocycles. The lowest BCUT2D eigenvalue weighted by Crippen LogP contribution is -2.19. The van der Waals surface area contributed by atoms with E-state index in [2.05, 4.69) is 5.10 Å². The number of hydrogen-bond acceptors (Lipinski definition) is 4. The molecule has 0 spiro atoms. The van der Waals surface area contributed by atoms with Crippen LogP contribution in [0.1, 0.15) is 18.0 Å². The molecule has 0 radical (unpaired) electrons. The van der Waals surface area contributed by atoms with Gasteiger partial charge in [-0.25, -0.2) is 0 Å². The molecule has 1 aliphatic rings. The average molecular weight is 387 g/mol. The third-order valence-corrected chi connectivity index (χ3v) is 4.40. The molecule has 0 saturated heterocycles. The fraction of sp³-hybridized carbons (Fsp3) is 0.235. The Morgan fingerprint density at radius 2 is 1.92 bits per heavy atom. The van der Waals surface area contributed by atoms with Crippen molar-refractivity contribution in [2.75, 3.05) is 18.7 Å². The Kier molecular flexibility index (Phi) is 6.35. The molecule has 24 heavy (non-hydrogen) atoms. The summed E-state index contributed by atoms with van der Waals surface area (Å²) in [5, 5.41) is 7.72. The molecular formula is C17H18Cl3N3O. The maximum Gasteiger partial charge on any atom is 0.118 e. The van der Waals surface area contributed by atoms with Crippen molar-refractivity contribution in [1.82, 2.24) is 0 Å². The largest absolute Gasteiger partial charge is 0.497 e. The number of rotatable bonds is 4. The molecule has 1 aliphatic heterocycles. The minimum Gasteiger partial charge on any atom is -0.497 e. The molecule has 0 aromatic heterocycles. The van der Waals surface area contributed by atoms with Crippen molar-refractivity contribution >= 4 is 47.0 Å². The van der Waals surface area contributed by atoms with E-state index in [0.29, 0.717) is 16.6 Å². The first-order chi connectivity index (χ1) is 11.1. The summed E-state index contributed by atoms with van der Waals surface area (Å²) >= 11 is 12.3. The molecule has 2 N–H and O–H groups in total. The third kappa shape index (κ3) is 3.78. The van der Waals surface area contributed by atoms with Gasteiger partial charge in [0.05, 0.1) is 29.6 Å². The fourth-order valence-corrected chi connectivity index (χ4v) is 3.17. The van der Waals surface area contributed by atoms with Crippen molar-refractivity contribution in [1.29, 1.82) is 0 Å². The smallest absolute Gasteiger partial charge is 0.118 e. The molecule has 2 aromatic carbocycles. The highest BCUT2D eigenvalue weighted by molar-refractivity contribution is 6.36. The van der Waals surface area contributed by atoms with E-state index in [1.165, 1.54) is 0 Å². The van der Waals surface area contributed by atoms with Crippen LogP contribution in [0.15, 0.2) is 47.6 Å². The maximum atomic E-state index is 6.35. The quantitative estimate of drug-likeness (QED) is 0.829. The van der Waals surface area contributed by atoms with E-state index in [4.69, 9.17) is 33.7 Å². The van der Waals surface area contributed by atoms with Crippen LogP contribution in [0.2, 0.25) is 10.0 Å². The zero-order chi connectivity index (χ0) is 16.4. The van der Waals surface area contributed by atoms with Crippen LogP contribution in [0, 0.1) is 0 Å². The van der Waals surface area contributed by atoms with Gasteiger partial charge in [0.25, 0.3) is 0 Å². The monoisotopic (exact) mass is 385 g/mol. The van der Waals surface area contributed by atoms with Crippen LogP contribution in [-0.4, -0.2) is 19.4 Å². The fourth-order valence-electron chi connectivity index (χ4n) is 2.67. The van der Waals surface area contributed by atoms with Crippen molar-refractivity contribution in [2.24, 2.45) is 10.8 Å². The summed E-state index contributed by atoms with van der Waals surface area (Å²) in [6, 6.07) is 13.4. The van der Waals surface area contributed by atoms with Crippen LogP contribution in [0.5, 0.6) is 5.75 Å². The molecule has 0 saturated carbocycles. The van der Waals surface area contributed by atoms with Gasteiger partial charge >= 0.3 is 0 Å². The van der Waals surface area contributed by atoms with E-state index in [1.807, 2.05) is 41.4 Å². The molecule has 1 heterocycles. The highest BCUT2D eigenvalue weighted by atomic mass is 35.5. The topological polar surface area (TPSA) is 50.9 Å². The third-order valence-electron chi connectivity index (χ3n) is 3.87. The summed E-state index contributed by atoms with van der Waals surface area (Å²) < 4.78 is 5.22. The van der Waals surface area contributed by atoms with Gasteiger partial charge in [0.15, 0.2) is 0 Å². The van der Waals surface area contributed by atoms with Crippen LogP contribution in [0.3, 0.4) is 0 Å². The van der Waals surface area contributed by atoms with Gasteiger partial charge in [-0.15, -0.1) is 12.4 Å². The lowest BCUT2D eigenvalue weighted by atomic mass is 10.0. The molecule has 2 aromatic rings. The average Bonchev–Trinajstić information content (AvgIpc) is 2.99. The molecule has 0 bridgehead atoms. The number of hydrazone groups is 1. The van der Waals surface area contributed by atoms with Crippen molar-refractivity contribution in [3.05, 3.63) is 58.1 Å². The van der Waals surface area contributed by atoms with Gasteiger partial charge in [-0.1, -0.05) is 35.3 Å². The second-order valence-corrected chi connectivity index (χ2v) is 6.15. The van der Waals surface area contributed by atoms with Crippen LogP contribution in [-0.2, 0) is 0 Å². The standard InChI is InChI=1S/C17H17Cl2N3O.ClH/c1-23-14-5-2-11(3-6-14)17-9-13(10-20)21-22(17)16-7-4-12(18)8-15(16)19;/h2-8,17H,9-10,20H2,1H3;1H. The van der Waals surface area contributed by atoms with Crippen molar-refractivity contribution in [3.8, 4) is 5.75 Å². The van der Waals surface area contributed by atoms with Gasteiger partial charge in [-0.3, -0.25) is 5.01 Å². The van der Waals surface area contributed by atoms with E-state index in [9.17, 15) is 0 Å².